The minimum Gasteiger partial charge on any atom is -0.366 e. The van der Waals surface area contributed by atoms with Crippen molar-refractivity contribution in [3.8, 4) is 0 Å². The highest BCUT2D eigenvalue weighted by molar-refractivity contribution is 5.96. The molecule has 1 aromatic carbocycles. The van der Waals surface area contributed by atoms with Crippen molar-refractivity contribution in [3.05, 3.63) is 33.9 Å². The lowest BCUT2D eigenvalue weighted by Gasteiger charge is -2.33. The van der Waals surface area contributed by atoms with Gasteiger partial charge in [-0.3, -0.25) is 14.9 Å². The van der Waals surface area contributed by atoms with Crippen LogP contribution in [0.15, 0.2) is 18.2 Å². The lowest BCUT2D eigenvalue weighted by atomic mass is 9.93. The second-order valence-electron chi connectivity index (χ2n) is 8.26. The molecule has 162 valence electrons. The van der Waals surface area contributed by atoms with Gasteiger partial charge in [0.15, 0.2) is 0 Å². The predicted molar refractivity (Wildman–Crippen MR) is 118 cm³/mol. The SMILES string of the molecule is CNCCC1CCN(C(=O)c2ccc(N3CCC(C)CC3)c([N+](=O)[O-])c2)CC1.Cl. The molecule has 0 atom stereocenters. The summed E-state index contributed by atoms with van der Waals surface area (Å²) < 4.78 is 0. The van der Waals surface area contributed by atoms with Gasteiger partial charge in [-0.1, -0.05) is 6.92 Å². The topological polar surface area (TPSA) is 78.7 Å². The number of carbonyl (C=O) groups excluding carboxylic acids is 1. The van der Waals surface area contributed by atoms with Gasteiger partial charge >= 0.3 is 0 Å². The van der Waals surface area contributed by atoms with Gasteiger partial charge < -0.3 is 15.1 Å². The molecule has 0 bridgehead atoms. The predicted octanol–water partition coefficient (Wildman–Crippen LogP) is 3.71. The number of nitrogens with one attached hydrogen (secondary N) is 1. The van der Waals surface area contributed by atoms with Crippen molar-refractivity contribution in [1.29, 1.82) is 0 Å². The quantitative estimate of drug-likeness (QED) is 0.556. The molecule has 2 heterocycles. The van der Waals surface area contributed by atoms with Gasteiger partial charge in [0.25, 0.3) is 11.6 Å². The Morgan fingerprint density at radius 1 is 1.17 bits per heavy atom. The van der Waals surface area contributed by atoms with Crippen LogP contribution in [0.1, 0.15) is 49.4 Å². The smallest absolute Gasteiger partial charge is 0.293 e. The van der Waals surface area contributed by atoms with E-state index in [1.165, 1.54) is 6.07 Å². The Bertz CT molecular complexity index is 699. The van der Waals surface area contributed by atoms with Crippen LogP contribution in [0.4, 0.5) is 11.4 Å². The Morgan fingerprint density at radius 2 is 1.83 bits per heavy atom. The third-order valence-corrected chi connectivity index (χ3v) is 6.25. The van der Waals surface area contributed by atoms with E-state index in [0.717, 1.165) is 64.8 Å². The fourth-order valence-electron chi connectivity index (χ4n) is 4.28. The molecule has 29 heavy (non-hydrogen) atoms. The summed E-state index contributed by atoms with van der Waals surface area (Å²) in [6.45, 7) is 6.33. The van der Waals surface area contributed by atoms with Crippen molar-refractivity contribution in [2.75, 3.05) is 44.7 Å². The first-order valence-corrected chi connectivity index (χ1v) is 10.5. The largest absolute Gasteiger partial charge is 0.366 e. The van der Waals surface area contributed by atoms with E-state index in [0.29, 0.717) is 23.1 Å². The number of benzene rings is 1. The van der Waals surface area contributed by atoms with Gasteiger partial charge in [0.05, 0.1) is 4.92 Å². The van der Waals surface area contributed by atoms with Crippen LogP contribution in [0.3, 0.4) is 0 Å². The summed E-state index contributed by atoms with van der Waals surface area (Å²) in [5, 5.41) is 14.8. The van der Waals surface area contributed by atoms with Crippen LogP contribution in [0.25, 0.3) is 0 Å². The monoisotopic (exact) mass is 424 g/mol. The number of hydrogen-bond acceptors (Lipinski definition) is 5. The van der Waals surface area contributed by atoms with Crippen molar-refractivity contribution >= 4 is 29.7 Å². The van der Waals surface area contributed by atoms with Crippen molar-refractivity contribution in [2.24, 2.45) is 11.8 Å². The van der Waals surface area contributed by atoms with Gasteiger partial charge in [0, 0.05) is 37.8 Å². The Balaban J connectivity index is 0.00000300. The molecule has 3 rings (SSSR count). The molecule has 7 nitrogen and oxygen atoms in total. The van der Waals surface area contributed by atoms with Crippen LogP contribution in [-0.4, -0.2) is 55.5 Å². The van der Waals surface area contributed by atoms with Gasteiger partial charge in [0.2, 0.25) is 0 Å². The second kappa shape index (κ2) is 10.8. The van der Waals surface area contributed by atoms with E-state index in [1.807, 2.05) is 11.9 Å². The fourth-order valence-corrected chi connectivity index (χ4v) is 4.28. The Labute approximate surface area is 179 Å². The number of hydrogen-bond donors (Lipinski definition) is 1. The van der Waals surface area contributed by atoms with Gasteiger partial charge in [-0.2, -0.15) is 0 Å². The number of nitro groups is 1. The first-order chi connectivity index (χ1) is 13.5. The molecule has 0 aromatic heterocycles. The Hall–Kier alpha value is -1.86. The summed E-state index contributed by atoms with van der Waals surface area (Å²) in [6, 6.07) is 5.00. The van der Waals surface area contributed by atoms with E-state index >= 15 is 0 Å². The van der Waals surface area contributed by atoms with Gasteiger partial charge in [-0.05, 0) is 69.7 Å². The first kappa shape index (κ1) is 23.4. The van der Waals surface area contributed by atoms with Crippen molar-refractivity contribution < 1.29 is 9.72 Å². The van der Waals surface area contributed by atoms with Crippen molar-refractivity contribution in [3.63, 3.8) is 0 Å². The fraction of sp³-hybridized carbons (Fsp3) is 0.667. The van der Waals surface area contributed by atoms with Gasteiger partial charge in [-0.25, -0.2) is 0 Å². The molecule has 2 saturated heterocycles. The van der Waals surface area contributed by atoms with Crippen LogP contribution in [-0.2, 0) is 0 Å². The van der Waals surface area contributed by atoms with E-state index in [1.54, 1.807) is 12.1 Å². The zero-order valence-electron chi connectivity index (χ0n) is 17.4. The molecule has 1 aromatic rings. The summed E-state index contributed by atoms with van der Waals surface area (Å²) in [5.74, 6) is 1.22. The van der Waals surface area contributed by atoms with Crippen LogP contribution < -0.4 is 10.2 Å². The summed E-state index contributed by atoms with van der Waals surface area (Å²) >= 11 is 0. The minimum absolute atomic E-state index is 0. The van der Waals surface area contributed by atoms with E-state index in [-0.39, 0.29) is 28.9 Å². The first-order valence-electron chi connectivity index (χ1n) is 10.5. The average molecular weight is 425 g/mol. The second-order valence-corrected chi connectivity index (χ2v) is 8.26. The highest BCUT2D eigenvalue weighted by Crippen LogP contribution is 2.33. The highest BCUT2D eigenvalue weighted by Gasteiger charge is 2.27. The average Bonchev–Trinajstić information content (AvgIpc) is 2.72. The molecule has 1 amide bonds. The van der Waals surface area contributed by atoms with Gasteiger partial charge in [0.1, 0.15) is 5.69 Å². The molecule has 0 unspecified atom stereocenters. The number of rotatable bonds is 6. The molecule has 0 saturated carbocycles. The van der Waals surface area contributed by atoms with Crippen LogP contribution >= 0.6 is 12.4 Å². The van der Waals surface area contributed by atoms with Crippen molar-refractivity contribution in [2.45, 2.75) is 39.0 Å². The molecule has 0 radical (unpaired) electrons. The summed E-state index contributed by atoms with van der Waals surface area (Å²) in [6.07, 6.45) is 5.22. The molecular weight excluding hydrogens is 392 g/mol. The summed E-state index contributed by atoms with van der Waals surface area (Å²) in [4.78, 5) is 28.1. The number of nitro benzene ring substituents is 1. The minimum atomic E-state index is -0.353. The maximum absolute atomic E-state index is 12.9. The third kappa shape index (κ3) is 5.82. The standard InChI is InChI=1S/C21H32N4O3.ClH/c1-16-6-11-23(12-7-16)19-4-3-18(15-20(19)25(27)28)21(26)24-13-8-17(9-14-24)5-10-22-2;/h3-4,15-17,22H,5-14H2,1-2H3;1H. The molecule has 0 aliphatic carbocycles. The molecule has 0 spiro atoms. The Morgan fingerprint density at radius 3 is 2.41 bits per heavy atom. The third-order valence-electron chi connectivity index (χ3n) is 6.25. The number of piperidine rings is 2. The number of carbonyl (C=O) groups is 1. The van der Waals surface area contributed by atoms with Crippen LogP contribution in [0.2, 0.25) is 0 Å². The number of amides is 1. The normalized spacial score (nSPS) is 18.4. The Kier molecular flexibility index (Phi) is 8.71. The highest BCUT2D eigenvalue weighted by atomic mass is 35.5. The molecule has 2 aliphatic heterocycles. The number of anilines is 1. The van der Waals surface area contributed by atoms with E-state index in [2.05, 4.69) is 17.1 Å². The summed E-state index contributed by atoms with van der Waals surface area (Å²) in [5.41, 5.74) is 1.11. The molecule has 2 fully saturated rings. The summed E-state index contributed by atoms with van der Waals surface area (Å²) in [7, 11) is 1.96. The van der Waals surface area contributed by atoms with Crippen molar-refractivity contribution in [1.82, 2.24) is 10.2 Å². The van der Waals surface area contributed by atoms with Gasteiger partial charge in [-0.15, -0.1) is 12.4 Å². The zero-order chi connectivity index (χ0) is 20.1. The number of likely N-dealkylation sites (tertiary alicyclic amines) is 1. The maximum atomic E-state index is 12.9. The van der Waals surface area contributed by atoms with E-state index in [4.69, 9.17) is 0 Å². The lowest BCUT2D eigenvalue weighted by molar-refractivity contribution is -0.384. The number of nitrogens with zero attached hydrogens (tertiary/aromatic N) is 3. The maximum Gasteiger partial charge on any atom is 0.293 e. The molecule has 1 N–H and O–H groups in total. The van der Waals surface area contributed by atoms with Crippen LogP contribution in [0, 0.1) is 22.0 Å². The zero-order valence-corrected chi connectivity index (χ0v) is 18.2. The van der Waals surface area contributed by atoms with Crippen LogP contribution in [0.5, 0.6) is 0 Å². The lowest BCUT2D eigenvalue weighted by Crippen LogP contribution is -2.39. The van der Waals surface area contributed by atoms with E-state index < -0.39 is 0 Å². The number of halogens is 1. The molecule has 2 aliphatic rings. The molecule has 8 heteroatoms. The molecular formula is C21H33ClN4O3. The van der Waals surface area contributed by atoms with E-state index in [9.17, 15) is 14.9 Å².